The summed E-state index contributed by atoms with van der Waals surface area (Å²) >= 11 is 0. The van der Waals surface area contributed by atoms with Crippen molar-refractivity contribution < 1.29 is 23.1 Å². The minimum absolute atomic E-state index is 0.203. The number of carbonyl (C=O) groups is 1. The Balaban J connectivity index is 2.34. The van der Waals surface area contributed by atoms with Crippen LogP contribution in [0.3, 0.4) is 0 Å². The molecule has 18 heavy (non-hydrogen) atoms. The maximum atomic E-state index is 12.1. The van der Waals surface area contributed by atoms with Crippen molar-refractivity contribution in [2.24, 2.45) is 5.92 Å². The summed E-state index contributed by atoms with van der Waals surface area (Å²) in [7, 11) is 0. The molecular weight excluding hydrogens is 247 g/mol. The van der Waals surface area contributed by atoms with Crippen LogP contribution in [0.2, 0.25) is 0 Å². The quantitative estimate of drug-likeness (QED) is 0.825. The molecule has 3 nitrogen and oxygen atoms in total. The van der Waals surface area contributed by atoms with Crippen molar-refractivity contribution in [2.75, 3.05) is 6.54 Å². The molecule has 106 valence electrons. The number of amides is 1. The van der Waals surface area contributed by atoms with Gasteiger partial charge in [0.2, 0.25) is 5.91 Å². The number of nitrogens with one attached hydrogen (secondary N) is 1. The molecule has 2 N–H and O–H groups in total. The second kappa shape index (κ2) is 6.97. The van der Waals surface area contributed by atoms with Gasteiger partial charge in [0, 0.05) is 5.92 Å². The Bertz CT molecular complexity index is 261. The smallest absolute Gasteiger partial charge is 0.382 e. The van der Waals surface area contributed by atoms with Crippen molar-refractivity contribution in [3.8, 4) is 0 Å². The van der Waals surface area contributed by atoms with Crippen LogP contribution in [0.4, 0.5) is 13.2 Å². The first-order valence-corrected chi connectivity index (χ1v) is 6.43. The van der Waals surface area contributed by atoms with Crippen molar-refractivity contribution in [1.82, 2.24) is 5.32 Å². The Kier molecular flexibility index (Phi) is 5.91. The second-order valence-corrected chi connectivity index (χ2v) is 4.84. The Morgan fingerprint density at radius 3 is 2.17 bits per heavy atom. The number of hydrogen-bond donors (Lipinski definition) is 2. The third kappa shape index (κ3) is 5.25. The van der Waals surface area contributed by atoms with E-state index < -0.39 is 18.8 Å². The van der Waals surface area contributed by atoms with Crippen LogP contribution >= 0.6 is 0 Å². The fourth-order valence-electron chi connectivity index (χ4n) is 2.18. The number of aliphatic hydroxyl groups is 1. The van der Waals surface area contributed by atoms with E-state index in [1.807, 2.05) is 0 Å². The molecule has 0 saturated heterocycles. The minimum Gasteiger partial charge on any atom is -0.382 e. The highest BCUT2D eigenvalue weighted by Crippen LogP contribution is 2.23. The van der Waals surface area contributed by atoms with Gasteiger partial charge in [-0.15, -0.1) is 0 Å². The maximum Gasteiger partial charge on any atom is 0.416 e. The van der Waals surface area contributed by atoms with Crippen molar-refractivity contribution >= 4 is 5.91 Å². The number of hydrogen-bond acceptors (Lipinski definition) is 2. The standard InChI is InChI=1S/C12H20F3NO2/c13-12(14,15)10(17)8-16-11(18)9-6-4-2-1-3-5-7-9/h9-10,17H,1-8H2,(H,16,18). The van der Waals surface area contributed by atoms with E-state index in [-0.39, 0.29) is 11.8 Å². The third-order valence-electron chi connectivity index (χ3n) is 3.32. The molecule has 1 aliphatic carbocycles. The lowest BCUT2D eigenvalue weighted by Gasteiger charge is -2.21. The molecule has 0 spiro atoms. The minimum atomic E-state index is -4.67. The van der Waals surface area contributed by atoms with Crippen LogP contribution in [0, 0.1) is 5.92 Å². The summed E-state index contributed by atoms with van der Waals surface area (Å²) in [4.78, 5) is 11.7. The topological polar surface area (TPSA) is 49.3 Å². The van der Waals surface area contributed by atoms with Crippen molar-refractivity contribution in [3.05, 3.63) is 0 Å². The first kappa shape index (κ1) is 15.3. The van der Waals surface area contributed by atoms with Gasteiger partial charge in [0.25, 0.3) is 0 Å². The fourth-order valence-corrected chi connectivity index (χ4v) is 2.18. The van der Waals surface area contributed by atoms with E-state index in [1.54, 1.807) is 0 Å². The third-order valence-corrected chi connectivity index (χ3v) is 3.32. The Hall–Kier alpha value is -0.780. The molecule has 0 aromatic rings. The highest BCUT2D eigenvalue weighted by molar-refractivity contribution is 5.78. The van der Waals surface area contributed by atoms with Gasteiger partial charge < -0.3 is 10.4 Å². The van der Waals surface area contributed by atoms with Gasteiger partial charge in [-0.25, -0.2) is 0 Å². The SMILES string of the molecule is O=C(NCC(O)C(F)(F)F)C1CCCCCCC1. The fraction of sp³-hybridized carbons (Fsp3) is 0.917. The summed E-state index contributed by atoms with van der Waals surface area (Å²) in [6, 6.07) is 0. The molecule has 1 rings (SSSR count). The molecule has 1 fully saturated rings. The van der Waals surface area contributed by atoms with Gasteiger partial charge in [0.05, 0.1) is 6.54 Å². The zero-order valence-corrected chi connectivity index (χ0v) is 10.3. The molecule has 1 atom stereocenters. The summed E-state index contributed by atoms with van der Waals surface area (Å²) < 4.78 is 36.2. The monoisotopic (exact) mass is 267 g/mol. The summed E-state index contributed by atoms with van der Waals surface area (Å²) in [5.74, 6) is -0.564. The van der Waals surface area contributed by atoms with Crippen LogP contribution in [-0.4, -0.2) is 29.8 Å². The summed E-state index contributed by atoms with van der Waals surface area (Å²) in [5, 5.41) is 11.0. The van der Waals surface area contributed by atoms with Crippen molar-refractivity contribution in [1.29, 1.82) is 0 Å². The number of rotatable bonds is 3. The van der Waals surface area contributed by atoms with Crippen LogP contribution in [-0.2, 0) is 4.79 Å². The Morgan fingerprint density at radius 1 is 1.17 bits per heavy atom. The molecule has 1 aliphatic rings. The van der Waals surface area contributed by atoms with Gasteiger partial charge in [-0.1, -0.05) is 32.1 Å². The summed E-state index contributed by atoms with van der Waals surface area (Å²) in [5.41, 5.74) is 0. The molecule has 0 aromatic carbocycles. The first-order valence-electron chi connectivity index (χ1n) is 6.43. The summed E-state index contributed by atoms with van der Waals surface area (Å²) in [6.45, 7) is -0.751. The largest absolute Gasteiger partial charge is 0.416 e. The molecule has 1 unspecified atom stereocenters. The van der Waals surface area contributed by atoms with Crippen molar-refractivity contribution in [2.45, 2.75) is 57.2 Å². The highest BCUT2D eigenvalue weighted by Gasteiger charge is 2.38. The summed E-state index contributed by atoms with van der Waals surface area (Å²) in [6.07, 6.45) is -0.476. The second-order valence-electron chi connectivity index (χ2n) is 4.84. The molecule has 0 radical (unpaired) electrons. The van der Waals surface area contributed by atoms with Crippen LogP contribution in [0.5, 0.6) is 0 Å². The Labute approximate surface area is 105 Å². The molecule has 6 heteroatoms. The zero-order chi connectivity index (χ0) is 13.6. The predicted octanol–water partition coefficient (Wildman–Crippen LogP) is 2.39. The van der Waals surface area contributed by atoms with E-state index >= 15 is 0 Å². The molecule has 0 heterocycles. The molecule has 0 bridgehead atoms. The van der Waals surface area contributed by atoms with Crippen LogP contribution in [0.25, 0.3) is 0 Å². The van der Waals surface area contributed by atoms with Crippen LogP contribution in [0.1, 0.15) is 44.9 Å². The van der Waals surface area contributed by atoms with Crippen molar-refractivity contribution in [3.63, 3.8) is 0 Å². The van der Waals surface area contributed by atoms with E-state index in [0.717, 1.165) is 38.5 Å². The van der Waals surface area contributed by atoms with Gasteiger partial charge in [0.1, 0.15) is 0 Å². The molecular formula is C12H20F3NO2. The average molecular weight is 267 g/mol. The molecule has 1 amide bonds. The van der Waals surface area contributed by atoms with Crippen LogP contribution < -0.4 is 5.32 Å². The van der Waals surface area contributed by atoms with E-state index in [9.17, 15) is 18.0 Å². The van der Waals surface area contributed by atoms with Gasteiger partial charge in [-0.2, -0.15) is 13.2 Å². The number of carbonyl (C=O) groups excluding carboxylic acids is 1. The highest BCUT2D eigenvalue weighted by atomic mass is 19.4. The van der Waals surface area contributed by atoms with E-state index in [4.69, 9.17) is 5.11 Å². The molecule has 0 aliphatic heterocycles. The van der Waals surface area contributed by atoms with Crippen LogP contribution in [0.15, 0.2) is 0 Å². The number of aliphatic hydroxyl groups excluding tert-OH is 1. The van der Waals surface area contributed by atoms with Gasteiger partial charge in [-0.3, -0.25) is 4.79 Å². The number of alkyl halides is 3. The predicted molar refractivity (Wildman–Crippen MR) is 60.9 cm³/mol. The zero-order valence-electron chi connectivity index (χ0n) is 10.3. The molecule has 0 aromatic heterocycles. The lowest BCUT2D eigenvalue weighted by molar-refractivity contribution is -0.202. The average Bonchev–Trinajstić information content (AvgIpc) is 2.23. The van der Waals surface area contributed by atoms with E-state index in [2.05, 4.69) is 5.32 Å². The lowest BCUT2D eigenvalue weighted by Crippen LogP contribution is -2.42. The lowest BCUT2D eigenvalue weighted by atomic mass is 9.90. The van der Waals surface area contributed by atoms with Gasteiger partial charge in [0.15, 0.2) is 6.10 Å². The number of halogens is 3. The van der Waals surface area contributed by atoms with Gasteiger partial charge >= 0.3 is 6.18 Å². The van der Waals surface area contributed by atoms with E-state index in [1.165, 1.54) is 6.42 Å². The van der Waals surface area contributed by atoms with Gasteiger partial charge in [-0.05, 0) is 12.8 Å². The molecule has 1 saturated carbocycles. The first-order chi connectivity index (χ1) is 8.41. The van der Waals surface area contributed by atoms with E-state index in [0.29, 0.717) is 0 Å². The maximum absolute atomic E-state index is 12.1. The normalized spacial score (nSPS) is 20.9. The Morgan fingerprint density at radius 2 is 1.67 bits per heavy atom.